The van der Waals surface area contributed by atoms with Crippen molar-refractivity contribution in [2.45, 2.75) is 30.3 Å². The molecule has 0 radical (unpaired) electrons. The molecule has 1 amide bonds. The Labute approximate surface area is 154 Å². The van der Waals surface area contributed by atoms with Crippen molar-refractivity contribution in [3.8, 4) is 0 Å². The van der Waals surface area contributed by atoms with Gasteiger partial charge in [-0.2, -0.15) is 0 Å². The predicted octanol–water partition coefficient (Wildman–Crippen LogP) is 2.52. The van der Waals surface area contributed by atoms with Crippen LogP contribution in [0.15, 0.2) is 53.4 Å². The van der Waals surface area contributed by atoms with E-state index in [1.165, 1.54) is 12.1 Å². The van der Waals surface area contributed by atoms with Crippen molar-refractivity contribution in [3.05, 3.63) is 65.2 Å². The van der Waals surface area contributed by atoms with Gasteiger partial charge < -0.3 is 10.0 Å². The van der Waals surface area contributed by atoms with Crippen LogP contribution in [-0.4, -0.2) is 43.7 Å². The fraction of sp³-hybridized carbons (Fsp3) is 0.350. The summed E-state index contributed by atoms with van der Waals surface area (Å²) in [6.45, 7) is 2.82. The molecule has 5 nitrogen and oxygen atoms in total. The van der Waals surface area contributed by atoms with E-state index in [-0.39, 0.29) is 10.8 Å². The lowest BCUT2D eigenvalue weighted by Gasteiger charge is -2.38. The van der Waals surface area contributed by atoms with Gasteiger partial charge in [-0.1, -0.05) is 29.8 Å². The van der Waals surface area contributed by atoms with Crippen LogP contribution in [0, 0.1) is 6.92 Å². The number of benzene rings is 2. The minimum absolute atomic E-state index is 0.0445. The van der Waals surface area contributed by atoms with Gasteiger partial charge in [0.15, 0.2) is 9.84 Å². The van der Waals surface area contributed by atoms with E-state index in [1.54, 1.807) is 17.0 Å². The predicted molar refractivity (Wildman–Crippen MR) is 99.8 cm³/mol. The summed E-state index contributed by atoms with van der Waals surface area (Å²) in [4.78, 5) is 14.5. The summed E-state index contributed by atoms with van der Waals surface area (Å²) < 4.78 is 23.5. The first-order valence-electron chi connectivity index (χ1n) is 8.58. The molecule has 6 heteroatoms. The molecular formula is C20H23NO4S. The molecule has 1 saturated heterocycles. The second kappa shape index (κ2) is 6.85. The van der Waals surface area contributed by atoms with Gasteiger partial charge in [-0.25, -0.2) is 8.42 Å². The van der Waals surface area contributed by atoms with E-state index in [0.717, 1.165) is 11.8 Å². The third-order valence-corrected chi connectivity index (χ3v) is 6.09. The van der Waals surface area contributed by atoms with Gasteiger partial charge in [-0.05, 0) is 49.6 Å². The zero-order valence-electron chi connectivity index (χ0n) is 15.0. The Bertz CT molecular complexity index is 911. The van der Waals surface area contributed by atoms with Crippen molar-refractivity contribution in [1.82, 2.24) is 4.90 Å². The first-order valence-corrected chi connectivity index (χ1v) is 10.5. The number of carbonyl (C=O) groups excluding carboxylic acids is 1. The van der Waals surface area contributed by atoms with E-state index in [2.05, 4.69) is 0 Å². The number of amides is 1. The Hall–Kier alpha value is -2.18. The lowest BCUT2D eigenvalue weighted by Crippen LogP contribution is -2.45. The van der Waals surface area contributed by atoms with E-state index >= 15 is 0 Å². The molecule has 0 unspecified atom stereocenters. The number of rotatable bonds is 3. The Balaban J connectivity index is 1.75. The molecule has 2 aromatic rings. The van der Waals surface area contributed by atoms with Crippen molar-refractivity contribution in [1.29, 1.82) is 0 Å². The van der Waals surface area contributed by atoms with Crippen LogP contribution < -0.4 is 0 Å². The number of sulfone groups is 1. The van der Waals surface area contributed by atoms with Crippen LogP contribution >= 0.6 is 0 Å². The average molecular weight is 373 g/mol. The topological polar surface area (TPSA) is 74.7 Å². The molecule has 0 spiro atoms. The molecule has 0 bridgehead atoms. The second-order valence-electron chi connectivity index (χ2n) is 6.99. The van der Waals surface area contributed by atoms with E-state index in [0.29, 0.717) is 37.1 Å². The SMILES string of the molecule is Cc1ccc(C(=O)N2CCC(O)(c3cccc(S(C)(=O)=O)c3)CC2)cc1. The van der Waals surface area contributed by atoms with E-state index in [1.807, 2.05) is 31.2 Å². The zero-order chi connectivity index (χ0) is 18.9. The summed E-state index contributed by atoms with van der Waals surface area (Å²) in [6, 6.07) is 13.9. The maximum Gasteiger partial charge on any atom is 0.253 e. The number of aliphatic hydroxyl groups is 1. The molecule has 0 aliphatic carbocycles. The van der Waals surface area contributed by atoms with Crippen molar-refractivity contribution in [2.75, 3.05) is 19.3 Å². The molecule has 0 saturated carbocycles. The largest absolute Gasteiger partial charge is 0.385 e. The third-order valence-electron chi connectivity index (χ3n) is 4.98. The van der Waals surface area contributed by atoms with Crippen LogP contribution in [0.2, 0.25) is 0 Å². The van der Waals surface area contributed by atoms with Crippen molar-refractivity contribution in [2.24, 2.45) is 0 Å². The highest BCUT2D eigenvalue weighted by Gasteiger charge is 2.36. The number of carbonyl (C=O) groups is 1. The van der Waals surface area contributed by atoms with Gasteiger partial charge in [-0.3, -0.25) is 4.79 Å². The lowest BCUT2D eigenvalue weighted by atomic mass is 9.84. The Morgan fingerprint density at radius 3 is 2.27 bits per heavy atom. The van der Waals surface area contributed by atoms with Crippen LogP contribution in [0.1, 0.15) is 34.3 Å². The molecule has 0 aromatic heterocycles. The summed E-state index contributed by atoms with van der Waals surface area (Å²) >= 11 is 0. The highest BCUT2D eigenvalue weighted by molar-refractivity contribution is 7.90. The molecule has 26 heavy (non-hydrogen) atoms. The zero-order valence-corrected chi connectivity index (χ0v) is 15.8. The van der Waals surface area contributed by atoms with E-state index in [9.17, 15) is 18.3 Å². The molecule has 138 valence electrons. The number of likely N-dealkylation sites (tertiary alicyclic amines) is 1. The summed E-state index contributed by atoms with van der Waals surface area (Å²) in [5, 5.41) is 11.0. The Kier molecular flexibility index (Phi) is 4.90. The van der Waals surface area contributed by atoms with E-state index in [4.69, 9.17) is 0 Å². The van der Waals surface area contributed by atoms with Gasteiger partial charge in [-0.15, -0.1) is 0 Å². The van der Waals surface area contributed by atoms with Crippen molar-refractivity contribution >= 4 is 15.7 Å². The number of aryl methyl sites for hydroxylation is 1. The van der Waals surface area contributed by atoms with Gasteiger partial charge >= 0.3 is 0 Å². The minimum Gasteiger partial charge on any atom is -0.385 e. The molecule has 1 aliphatic rings. The van der Waals surface area contributed by atoms with Crippen LogP contribution in [0.3, 0.4) is 0 Å². The normalized spacial score (nSPS) is 17.1. The standard InChI is InChI=1S/C20H23NO4S/c1-15-6-8-16(9-7-15)19(22)21-12-10-20(23,11-13-21)17-4-3-5-18(14-17)26(2,24)25/h3-9,14,23H,10-13H2,1-2H3. The second-order valence-corrected chi connectivity index (χ2v) is 9.01. The van der Waals surface area contributed by atoms with Crippen LogP contribution in [-0.2, 0) is 15.4 Å². The number of hydrogen-bond donors (Lipinski definition) is 1. The Morgan fingerprint density at radius 2 is 1.69 bits per heavy atom. The quantitative estimate of drug-likeness (QED) is 0.897. The van der Waals surface area contributed by atoms with Gasteiger partial charge in [0.2, 0.25) is 0 Å². The van der Waals surface area contributed by atoms with Gasteiger partial charge in [0.05, 0.1) is 10.5 Å². The van der Waals surface area contributed by atoms with Crippen molar-refractivity contribution in [3.63, 3.8) is 0 Å². The lowest BCUT2D eigenvalue weighted by molar-refractivity contribution is -0.0212. The van der Waals surface area contributed by atoms with Crippen LogP contribution in [0.5, 0.6) is 0 Å². The van der Waals surface area contributed by atoms with Crippen LogP contribution in [0.4, 0.5) is 0 Å². The van der Waals surface area contributed by atoms with Gasteiger partial charge in [0.25, 0.3) is 5.91 Å². The van der Waals surface area contributed by atoms with Gasteiger partial charge in [0.1, 0.15) is 0 Å². The number of nitrogens with zero attached hydrogens (tertiary/aromatic N) is 1. The number of hydrogen-bond acceptors (Lipinski definition) is 4. The molecule has 2 aromatic carbocycles. The minimum atomic E-state index is -3.33. The van der Waals surface area contributed by atoms with Gasteiger partial charge in [0, 0.05) is 24.9 Å². The molecule has 1 aliphatic heterocycles. The molecular weight excluding hydrogens is 350 g/mol. The first-order chi connectivity index (χ1) is 12.2. The first kappa shape index (κ1) is 18.6. The monoisotopic (exact) mass is 373 g/mol. The molecule has 3 rings (SSSR count). The molecule has 1 heterocycles. The summed E-state index contributed by atoms with van der Waals surface area (Å²) in [5.41, 5.74) is 1.20. The summed E-state index contributed by atoms with van der Waals surface area (Å²) in [5.74, 6) is -0.0445. The van der Waals surface area contributed by atoms with Crippen molar-refractivity contribution < 1.29 is 18.3 Å². The van der Waals surface area contributed by atoms with Crippen LogP contribution in [0.25, 0.3) is 0 Å². The van der Waals surface area contributed by atoms with E-state index < -0.39 is 15.4 Å². The average Bonchev–Trinajstić information content (AvgIpc) is 2.62. The molecule has 1 fully saturated rings. The highest BCUT2D eigenvalue weighted by atomic mass is 32.2. The maximum atomic E-state index is 12.6. The fourth-order valence-electron chi connectivity index (χ4n) is 3.26. The summed E-state index contributed by atoms with van der Waals surface area (Å²) in [6.07, 6.45) is 1.90. The molecule has 0 atom stereocenters. The Morgan fingerprint density at radius 1 is 1.08 bits per heavy atom. The highest BCUT2D eigenvalue weighted by Crippen LogP contribution is 2.34. The fourth-order valence-corrected chi connectivity index (χ4v) is 3.93. The third kappa shape index (κ3) is 3.81. The maximum absolute atomic E-state index is 12.6. The summed E-state index contributed by atoms with van der Waals surface area (Å²) in [7, 11) is -3.33. The smallest absolute Gasteiger partial charge is 0.253 e. The molecule has 1 N–H and O–H groups in total. The number of piperidine rings is 1.